The van der Waals surface area contributed by atoms with Crippen molar-refractivity contribution in [2.45, 2.75) is 19.1 Å². The highest BCUT2D eigenvalue weighted by Crippen LogP contribution is 2.32. The van der Waals surface area contributed by atoms with E-state index in [9.17, 15) is 18.0 Å². The summed E-state index contributed by atoms with van der Waals surface area (Å²) in [7, 11) is 0. The van der Waals surface area contributed by atoms with Gasteiger partial charge in [-0.05, 0) is 36.8 Å². The number of pyridine rings is 1. The molecule has 0 aliphatic rings. The van der Waals surface area contributed by atoms with E-state index in [2.05, 4.69) is 10.3 Å². The molecule has 1 amide bonds. The molecule has 26 heavy (non-hydrogen) atoms. The first-order chi connectivity index (χ1) is 12.2. The van der Waals surface area contributed by atoms with E-state index in [1.54, 1.807) is 31.2 Å². The predicted octanol–water partition coefficient (Wildman–Crippen LogP) is 5.15. The van der Waals surface area contributed by atoms with Crippen LogP contribution in [0.1, 0.15) is 34.7 Å². The molecule has 3 aromatic rings. The first kappa shape index (κ1) is 18.5. The quantitative estimate of drug-likeness (QED) is 0.659. The molecule has 2 aromatic heterocycles. The highest BCUT2D eigenvalue weighted by Gasteiger charge is 2.40. The molecule has 1 unspecified atom stereocenters. The molecule has 0 saturated carbocycles. The number of nitrogens with one attached hydrogen (secondary N) is 1. The van der Waals surface area contributed by atoms with Gasteiger partial charge in [0.15, 0.2) is 5.69 Å². The van der Waals surface area contributed by atoms with Crippen molar-refractivity contribution in [2.24, 2.45) is 0 Å². The van der Waals surface area contributed by atoms with Crippen LogP contribution in [0.4, 0.5) is 13.2 Å². The summed E-state index contributed by atoms with van der Waals surface area (Å²) in [5, 5.41) is 3.26. The van der Waals surface area contributed by atoms with Gasteiger partial charge in [-0.15, -0.1) is 0 Å². The third-order valence-electron chi connectivity index (χ3n) is 3.78. The maximum Gasteiger partial charge on any atom is 0.435 e. The van der Waals surface area contributed by atoms with Crippen molar-refractivity contribution in [3.63, 3.8) is 0 Å². The zero-order chi connectivity index (χ0) is 19.1. The number of rotatable bonds is 3. The molecule has 1 aromatic carbocycles. The Hall–Kier alpha value is -2.25. The minimum atomic E-state index is -4.78. The summed E-state index contributed by atoms with van der Waals surface area (Å²) in [6, 6.07) is 8.82. The van der Waals surface area contributed by atoms with E-state index in [0.717, 1.165) is 4.40 Å². The Balaban J connectivity index is 2.01. The van der Waals surface area contributed by atoms with E-state index in [4.69, 9.17) is 23.2 Å². The lowest BCUT2D eigenvalue weighted by Crippen LogP contribution is -2.29. The number of amides is 1. The average molecular weight is 402 g/mol. The molecule has 2 heterocycles. The zero-order valence-electron chi connectivity index (χ0n) is 13.3. The normalized spacial score (nSPS) is 13.0. The van der Waals surface area contributed by atoms with E-state index in [1.165, 1.54) is 18.3 Å². The topological polar surface area (TPSA) is 46.4 Å². The predicted molar refractivity (Wildman–Crippen MR) is 92.5 cm³/mol. The molecule has 0 radical (unpaired) electrons. The van der Waals surface area contributed by atoms with Crippen molar-refractivity contribution in [3.8, 4) is 0 Å². The monoisotopic (exact) mass is 401 g/mol. The minimum absolute atomic E-state index is 0.0222. The Labute approximate surface area is 156 Å². The van der Waals surface area contributed by atoms with Gasteiger partial charge in [-0.1, -0.05) is 35.3 Å². The molecule has 4 nitrogen and oxygen atoms in total. The second-order valence-corrected chi connectivity index (χ2v) is 6.50. The van der Waals surface area contributed by atoms with Crippen LogP contribution in [0.5, 0.6) is 0 Å². The molecule has 3 rings (SSSR count). The summed E-state index contributed by atoms with van der Waals surface area (Å²) >= 11 is 11.7. The Morgan fingerprint density at radius 3 is 2.35 bits per heavy atom. The molecule has 0 spiro atoms. The molecule has 136 valence electrons. The van der Waals surface area contributed by atoms with Crippen LogP contribution in [0.3, 0.4) is 0 Å². The average Bonchev–Trinajstić information content (AvgIpc) is 2.94. The van der Waals surface area contributed by atoms with Crippen molar-refractivity contribution < 1.29 is 18.0 Å². The smallest absolute Gasteiger partial charge is 0.344 e. The van der Waals surface area contributed by atoms with Crippen molar-refractivity contribution >= 4 is 34.8 Å². The van der Waals surface area contributed by atoms with E-state index >= 15 is 0 Å². The fraction of sp³-hybridized carbons (Fsp3) is 0.176. The van der Waals surface area contributed by atoms with Gasteiger partial charge < -0.3 is 5.32 Å². The van der Waals surface area contributed by atoms with Gasteiger partial charge in [-0.2, -0.15) is 13.2 Å². The molecule has 0 fully saturated rings. The molecule has 9 heteroatoms. The maximum atomic E-state index is 13.3. The minimum Gasteiger partial charge on any atom is -0.344 e. The van der Waals surface area contributed by atoms with Crippen LogP contribution >= 0.6 is 23.2 Å². The number of imidazole rings is 1. The van der Waals surface area contributed by atoms with Crippen LogP contribution in [0, 0.1) is 0 Å². The van der Waals surface area contributed by atoms with Gasteiger partial charge in [0.05, 0.1) is 11.1 Å². The van der Waals surface area contributed by atoms with Crippen LogP contribution in [0.15, 0.2) is 42.6 Å². The lowest BCUT2D eigenvalue weighted by Gasteiger charge is -2.15. The van der Waals surface area contributed by atoms with E-state index in [0.29, 0.717) is 10.6 Å². The number of carbonyl (C=O) groups is 1. The van der Waals surface area contributed by atoms with Crippen molar-refractivity contribution in [3.05, 3.63) is 69.6 Å². The van der Waals surface area contributed by atoms with Crippen molar-refractivity contribution in [1.29, 1.82) is 0 Å². The second-order valence-electron chi connectivity index (χ2n) is 5.63. The highest BCUT2D eigenvalue weighted by molar-refractivity contribution is 6.30. The number of halogens is 5. The summed E-state index contributed by atoms with van der Waals surface area (Å²) in [6.45, 7) is 1.66. The maximum absolute atomic E-state index is 13.3. The molecular formula is C17H12Cl2F3N3O. The number of aromatic nitrogens is 2. The molecular weight excluding hydrogens is 390 g/mol. The summed E-state index contributed by atoms with van der Waals surface area (Å²) in [5.41, 5.74) is -1.20. The number of fused-ring (bicyclic) bond motifs is 1. The van der Waals surface area contributed by atoms with Gasteiger partial charge in [0.1, 0.15) is 11.3 Å². The first-order valence-corrected chi connectivity index (χ1v) is 8.23. The molecule has 0 aliphatic heterocycles. The summed E-state index contributed by atoms with van der Waals surface area (Å²) < 4.78 is 41.1. The SMILES string of the molecule is CC(NC(=O)c1c(C(F)(F)F)nc2ccc(Cl)cn12)c1ccc(Cl)cc1. The van der Waals surface area contributed by atoms with E-state index in [-0.39, 0.29) is 10.7 Å². The van der Waals surface area contributed by atoms with Crippen molar-refractivity contribution in [2.75, 3.05) is 0 Å². The largest absolute Gasteiger partial charge is 0.435 e. The fourth-order valence-corrected chi connectivity index (χ4v) is 2.82. The Morgan fingerprint density at radius 1 is 1.12 bits per heavy atom. The first-order valence-electron chi connectivity index (χ1n) is 7.48. The lowest BCUT2D eigenvalue weighted by atomic mass is 10.1. The van der Waals surface area contributed by atoms with Crippen LogP contribution in [0.2, 0.25) is 10.0 Å². The third kappa shape index (κ3) is 3.64. The Kier molecular flexibility index (Phi) is 4.86. The fourth-order valence-electron chi connectivity index (χ4n) is 2.53. The van der Waals surface area contributed by atoms with Gasteiger partial charge in [0.25, 0.3) is 5.91 Å². The summed E-state index contributed by atoms with van der Waals surface area (Å²) in [5.74, 6) is -0.908. The summed E-state index contributed by atoms with van der Waals surface area (Å²) in [6.07, 6.45) is -3.56. The molecule has 0 saturated heterocycles. The molecule has 0 bridgehead atoms. The number of hydrogen-bond donors (Lipinski definition) is 1. The number of nitrogens with zero attached hydrogens (tertiary/aromatic N) is 2. The van der Waals surface area contributed by atoms with Crippen LogP contribution < -0.4 is 5.32 Å². The van der Waals surface area contributed by atoms with Crippen LogP contribution in [0.25, 0.3) is 5.65 Å². The number of benzene rings is 1. The molecule has 1 N–H and O–H groups in total. The Morgan fingerprint density at radius 2 is 1.73 bits per heavy atom. The zero-order valence-corrected chi connectivity index (χ0v) is 14.8. The van der Waals surface area contributed by atoms with Gasteiger partial charge in [0, 0.05) is 11.2 Å². The second kappa shape index (κ2) is 6.81. The van der Waals surface area contributed by atoms with Crippen molar-refractivity contribution in [1.82, 2.24) is 14.7 Å². The van der Waals surface area contributed by atoms with Gasteiger partial charge in [-0.25, -0.2) is 4.98 Å². The van der Waals surface area contributed by atoms with Crippen LogP contribution in [-0.4, -0.2) is 15.3 Å². The van der Waals surface area contributed by atoms with Gasteiger partial charge in [0.2, 0.25) is 0 Å². The Bertz CT molecular complexity index is 968. The number of carbonyl (C=O) groups excluding carboxylic acids is 1. The lowest BCUT2D eigenvalue weighted by molar-refractivity contribution is -0.141. The third-order valence-corrected chi connectivity index (χ3v) is 4.26. The van der Waals surface area contributed by atoms with Gasteiger partial charge >= 0.3 is 6.18 Å². The van der Waals surface area contributed by atoms with Gasteiger partial charge in [-0.3, -0.25) is 9.20 Å². The summed E-state index contributed by atoms with van der Waals surface area (Å²) in [4.78, 5) is 16.1. The standard InChI is InChI=1S/C17H12Cl2F3N3O/c1-9(10-2-4-11(18)5-3-10)23-16(26)14-15(17(20,21)22)24-13-7-6-12(19)8-25(13)14/h2-9H,1H3,(H,23,26). The molecule has 1 atom stereocenters. The number of alkyl halides is 3. The molecule has 0 aliphatic carbocycles. The number of hydrogen-bond acceptors (Lipinski definition) is 2. The highest BCUT2D eigenvalue weighted by atomic mass is 35.5. The van der Waals surface area contributed by atoms with E-state index < -0.39 is 29.5 Å². The van der Waals surface area contributed by atoms with Crippen LogP contribution in [-0.2, 0) is 6.18 Å². The van der Waals surface area contributed by atoms with E-state index in [1.807, 2.05) is 0 Å².